The van der Waals surface area contributed by atoms with Gasteiger partial charge < -0.3 is 10.4 Å². The van der Waals surface area contributed by atoms with Gasteiger partial charge in [0.2, 0.25) is 5.91 Å². The number of carboxylic acid groups (broad SMARTS) is 1. The maximum Gasteiger partial charge on any atom is 0.311 e. The zero-order valence-electron chi connectivity index (χ0n) is 14.1. The first-order valence-corrected chi connectivity index (χ1v) is 8.41. The van der Waals surface area contributed by atoms with Crippen LogP contribution in [0.3, 0.4) is 0 Å². The highest BCUT2D eigenvalue weighted by atomic mass is 16.4. The molecule has 1 aromatic carbocycles. The van der Waals surface area contributed by atoms with Crippen molar-refractivity contribution in [3.63, 3.8) is 0 Å². The molecule has 2 rings (SSSR count). The van der Waals surface area contributed by atoms with Crippen LogP contribution in [0.1, 0.15) is 51.5 Å². The number of carbonyl (C=O) groups excluding carboxylic acids is 1. The molecule has 0 heterocycles. The lowest BCUT2D eigenvalue weighted by Crippen LogP contribution is -2.48. The standard InChI is InChI=1S/C19H27NO3/c1-18(2,13-15-9-5-3-6-10-15)16(21)20-14-19(17(22)23)11-7-4-8-12-19/h3,5-6,9-10H,4,7-8,11-14H2,1-2H3,(H,20,21)(H,22,23). The van der Waals surface area contributed by atoms with Gasteiger partial charge in [-0.2, -0.15) is 0 Å². The van der Waals surface area contributed by atoms with Gasteiger partial charge in [0.1, 0.15) is 0 Å². The van der Waals surface area contributed by atoms with Gasteiger partial charge in [0.05, 0.1) is 5.41 Å². The SMILES string of the molecule is CC(C)(Cc1ccccc1)C(=O)NCC1(C(=O)O)CCCCC1. The Morgan fingerprint density at radius 2 is 1.74 bits per heavy atom. The van der Waals surface area contributed by atoms with E-state index >= 15 is 0 Å². The third kappa shape index (κ3) is 4.34. The Balaban J connectivity index is 1.98. The van der Waals surface area contributed by atoms with Gasteiger partial charge in [0.15, 0.2) is 0 Å². The molecule has 0 atom stereocenters. The van der Waals surface area contributed by atoms with Crippen LogP contribution in [0.15, 0.2) is 30.3 Å². The van der Waals surface area contributed by atoms with Crippen LogP contribution in [0.4, 0.5) is 0 Å². The van der Waals surface area contributed by atoms with Crippen molar-refractivity contribution in [1.29, 1.82) is 0 Å². The summed E-state index contributed by atoms with van der Waals surface area (Å²) in [5.41, 5.74) is -0.231. The van der Waals surface area contributed by atoms with Crippen molar-refractivity contribution in [3.8, 4) is 0 Å². The summed E-state index contributed by atoms with van der Waals surface area (Å²) in [5, 5.41) is 12.5. The molecule has 0 radical (unpaired) electrons. The van der Waals surface area contributed by atoms with E-state index in [2.05, 4.69) is 5.32 Å². The lowest BCUT2D eigenvalue weighted by molar-refractivity contribution is -0.151. The summed E-state index contributed by atoms with van der Waals surface area (Å²) in [4.78, 5) is 24.3. The molecule has 0 unspecified atom stereocenters. The van der Waals surface area contributed by atoms with E-state index in [1.165, 1.54) is 0 Å². The zero-order valence-corrected chi connectivity index (χ0v) is 14.1. The molecule has 1 aliphatic rings. The van der Waals surface area contributed by atoms with Gasteiger partial charge in [-0.05, 0) is 24.8 Å². The third-order valence-corrected chi connectivity index (χ3v) is 4.96. The number of carboxylic acids is 1. The van der Waals surface area contributed by atoms with Gasteiger partial charge in [0, 0.05) is 12.0 Å². The third-order valence-electron chi connectivity index (χ3n) is 4.96. The van der Waals surface area contributed by atoms with Crippen LogP contribution in [0.5, 0.6) is 0 Å². The van der Waals surface area contributed by atoms with E-state index < -0.39 is 16.8 Å². The summed E-state index contributed by atoms with van der Waals surface area (Å²) in [5.74, 6) is -0.856. The Bertz CT molecular complexity index is 545. The predicted octanol–water partition coefficient (Wildman–Crippen LogP) is 3.41. The quantitative estimate of drug-likeness (QED) is 0.845. The Morgan fingerprint density at radius 3 is 2.30 bits per heavy atom. The van der Waals surface area contributed by atoms with Crippen molar-refractivity contribution in [3.05, 3.63) is 35.9 Å². The van der Waals surface area contributed by atoms with Gasteiger partial charge in [-0.15, -0.1) is 0 Å². The van der Waals surface area contributed by atoms with Crippen molar-refractivity contribution in [2.75, 3.05) is 6.54 Å². The summed E-state index contributed by atoms with van der Waals surface area (Å²) in [6, 6.07) is 9.90. The van der Waals surface area contributed by atoms with Crippen LogP contribution < -0.4 is 5.32 Å². The maximum atomic E-state index is 12.6. The fourth-order valence-corrected chi connectivity index (χ4v) is 3.37. The van der Waals surface area contributed by atoms with E-state index in [4.69, 9.17) is 0 Å². The molecule has 1 aromatic rings. The molecule has 1 fully saturated rings. The van der Waals surface area contributed by atoms with E-state index in [9.17, 15) is 14.7 Å². The lowest BCUT2D eigenvalue weighted by atomic mass is 9.73. The summed E-state index contributed by atoms with van der Waals surface area (Å²) in [6.07, 6.45) is 4.89. The van der Waals surface area contributed by atoms with Crippen molar-refractivity contribution < 1.29 is 14.7 Å². The smallest absolute Gasteiger partial charge is 0.311 e. The minimum absolute atomic E-state index is 0.0763. The number of hydrogen-bond donors (Lipinski definition) is 2. The van der Waals surface area contributed by atoms with Crippen molar-refractivity contribution in [1.82, 2.24) is 5.32 Å². The van der Waals surface area contributed by atoms with Crippen LogP contribution >= 0.6 is 0 Å². The molecular formula is C19H27NO3. The Morgan fingerprint density at radius 1 is 1.13 bits per heavy atom. The van der Waals surface area contributed by atoms with Crippen LogP contribution in [-0.2, 0) is 16.0 Å². The van der Waals surface area contributed by atoms with Crippen LogP contribution in [0.25, 0.3) is 0 Å². The second-order valence-corrected chi connectivity index (χ2v) is 7.38. The zero-order chi connectivity index (χ0) is 16.9. The van der Waals surface area contributed by atoms with Gasteiger partial charge in [0.25, 0.3) is 0 Å². The molecule has 4 heteroatoms. The monoisotopic (exact) mass is 317 g/mol. The fraction of sp³-hybridized carbons (Fsp3) is 0.579. The topological polar surface area (TPSA) is 66.4 Å². The molecule has 1 saturated carbocycles. The second kappa shape index (κ2) is 7.16. The second-order valence-electron chi connectivity index (χ2n) is 7.38. The molecule has 0 aliphatic heterocycles. The van der Waals surface area contributed by atoms with Crippen LogP contribution in [-0.4, -0.2) is 23.5 Å². The van der Waals surface area contributed by atoms with Crippen LogP contribution in [0, 0.1) is 10.8 Å². The molecule has 0 bridgehead atoms. The largest absolute Gasteiger partial charge is 0.481 e. The van der Waals surface area contributed by atoms with Crippen molar-refractivity contribution >= 4 is 11.9 Å². The summed E-state index contributed by atoms with van der Waals surface area (Å²) in [7, 11) is 0. The average molecular weight is 317 g/mol. The van der Waals surface area contributed by atoms with Crippen molar-refractivity contribution in [2.24, 2.45) is 10.8 Å². The Hall–Kier alpha value is -1.84. The minimum Gasteiger partial charge on any atom is -0.481 e. The number of carbonyl (C=O) groups is 2. The van der Waals surface area contributed by atoms with E-state index in [0.717, 1.165) is 24.8 Å². The summed E-state index contributed by atoms with van der Waals surface area (Å²) < 4.78 is 0. The number of rotatable bonds is 6. The molecule has 23 heavy (non-hydrogen) atoms. The normalized spacial score (nSPS) is 17.5. The predicted molar refractivity (Wildman–Crippen MR) is 90.1 cm³/mol. The highest BCUT2D eigenvalue weighted by molar-refractivity contribution is 5.83. The molecular weight excluding hydrogens is 290 g/mol. The number of benzene rings is 1. The number of hydrogen-bond acceptors (Lipinski definition) is 2. The van der Waals surface area contributed by atoms with E-state index in [-0.39, 0.29) is 12.5 Å². The first kappa shape index (κ1) is 17.5. The highest BCUT2D eigenvalue weighted by Gasteiger charge is 2.40. The number of aliphatic carboxylic acids is 1. The molecule has 4 nitrogen and oxygen atoms in total. The van der Waals surface area contributed by atoms with Crippen LogP contribution in [0.2, 0.25) is 0 Å². The Kier molecular flexibility index (Phi) is 5.45. The van der Waals surface area contributed by atoms with E-state index in [1.54, 1.807) is 0 Å². The molecule has 1 aliphatic carbocycles. The highest BCUT2D eigenvalue weighted by Crippen LogP contribution is 2.36. The molecule has 1 amide bonds. The minimum atomic E-state index is -0.781. The van der Waals surface area contributed by atoms with Gasteiger partial charge in [-0.25, -0.2) is 0 Å². The van der Waals surface area contributed by atoms with E-state index in [0.29, 0.717) is 19.3 Å². The maximum absolute atomic E-state index is 12.6. The first-order chi connectivity index (χ1) is 10.9. The van der Waals surface area contributed by atoms with Gasteiger partial charge >= 0.3 is 5.97 Å². The summed E-state index contributed by atoms with van der Waals surface area (Å²) in [6.45, 7) is 4.05. The number of amides is 1. The molecule has 0 saturated heterocycles. The summed E-state index contributed by atoms with van der Waals surface area (Å²) >= 11 is 0. The molecule has 126 valence electrons. The molecule has 2 N–H and O–H groups in total. The Labute approximate surface area is 138 Å². The molecule has 0 aromatic heterocycles. The average Bonchev–Trinajstić information content (AvgIpc) is 2.54. The van der Waals surface area contributed by atoms with Gasteiger partial charge in [-0.1, -0.05) is 63.4 Å². The van der Waals surface area contributed by atoms with E-state index in [1.807, 2.05) is 44.2 Å². The first-order valence-electron chi connectivity index (χ1n) is 8.41. The number of nitrogens with one attached hydrogen (secondary N) is 1. The molecule has 0 spiro atoms. The fourth-order valence-electron chi connectivity index (χ4n) is 3.37. The van der Waals surface area contributed by atoms with Gasteiger partial charge in [-0.3, -0.25) is 9.59 Å². The van der Waals surface area contributed by atoms with Crippen molar-refractivity contribution in [2.45, 2.75) is 52.4 Å². The lowest BCUT2D eigenvalue weighted by Gasteiger charge is -2.34.